The predicted molar refractivity (Wildman–Crippen MR) is 69.7 cm³/mol. The lowest BCUT2D eigenvalue weighted by molar-refractivity contribution is 0.672. The fourth-order valence-corrected chi connectivity index (χ4v) is 1.60. The van der Waals surface area contributed by atoms with Crippen molar-refractivity contribution in [2.75, 3.05) is 29.6 Å². The summed E-state index contributed by atoms with van der Waals surface area (Å²) in [5.74, 6) is 1.03. The summed E-state index contributed by atoms with van der Waals surface area (Å²) in [6.45, 7) is 2.68. The SMILES string of the molecule is CC(CCNc1ccc(N)c(N)n1)S(C)=O. The van der Waals surface area contributed by atoms with Crippen LogP contribution in [0.25, 0.3) is 0 Å². The molecular formula is C10H18N4OS. The van der Waals surface area contributed by atoms with Crippen molar-refractivity contribution in [1.29, 1.82) is 0 Å². The maximum absolute atomic E-state index is 11.1. The van der Waals surface area contributed by atoms with Gasteiger partial charge in [0.25, 0.3) is 0 Å². The molecule has 0 aromatic carbocycles. The Morgan fingerprint density at radius 1 is 1.50 bits per heavy atom. The van der Waals surface area contributed by atoms with Gasteiger partial charge in [0.05, 0.1) is 5.69 Å². The van der Waals surface area contributed by atoms with Crippen LogP contribution in [0, 0.1) is 0 Å². The standard InChI is InChI=1S/C10H18N4OS/c1-7(16(2)15)5-6-13-9-4-3-8(11)10(12)14-9/h3-4,7H,5-6,11H2,1-2H3,(H3,12,13,14). The Balaban J connectivity index is 2.43. The van der Waals surface area contributed by atoms with Gasteiger partial charge in [-0.2, -0.15) is 0 Å². The highest BCUT2D eigenvalue weighted by molar-refractivity contribution is 7.84. The van der Waals surface area contributed by atoms with Crippen molar-refractivity contribution >= 4 is 28.1 Å². The van der Waals surface area contributed by atoms with Gasteiger partial charge in [-0.15, -0.1) is 0 Å². The van der Waals surface area contributed by atoms with Crippen molar-refractivity contribution in [3.63, 3.8) is 0 Å². The Morgan fingerprint density at radius 3 is 2.75 bits per heavy atom. The molecule has 5 N–H and O–H groups in total. The minimum atomic E-state index is -0.781. The minimum Gasteiger partial charge on any atom is -0.396 e. The molecule has 1 aromatic heterocycles. The summed E-state index contributed by atoms with van der Waals surface area (Å²) >= 11 is 0. The molecule has 0 saturated carbocycles. The number of hydrogen-bond donors (Lipinski definition) is 3. The molecule has 5 nitrogen and oxygen atoms in total. The largest absolute Gasteiger partial charge is 0.396 e. The summed E-state index contributed by atoms with van der Waals surface area (Å²) in [4.78, 5) is 4.08. The van der Waals surface area contributed by atoms with Gasteiger partial charge in [0.2, 0.25) is 0 Å². The molecule has 2 unspecified atom stereocenters. The lowest BCUT2D eigenvalue weighted by atomic mass is 10.3. The van der Waals surface area contributed by atoms with Gasteiger partial charge >= 0.3 is 0 Å². The summed E-state index contributed by atoms with van der Waals surface area (Å²) in [5.41, 5.74) is 11.6. The molecule has 0 amide bonds. The first-order valence-electron chi connectivity index (χ1n) is 5.09. The number of nitrogens with two attached hydrogens (primary N) is 2. The van der Waals surface area contributed by atoms with Gasteiger partial charge in [0.1, 0.15) is 11.6 Å². The summed E-state index contributed by atoms with van der Waals surface area (Å²) in [7, 11) is -0.781. The molecule has 0 bridgehead atoms. The van der Waals surface area contributed by atoms with E-state index in [1.54, 1.807) is 18.4 Å². The normalized spacial score (nSPS) is 14.4. The van der Waals surface area contributed by atoms with E-state index in [0.717, 1.165) is 13.0 Å². The van der Waals surface area contributed by atoms with Crippen LogP contribution >= 0.6 is 0 Å². The van der Waals surface area contributed by atoms with E-state index in [2.05, 4.69) is 10.3 Å². The monoisotopic (exact) mass is 242 g/mol. The Bertz CT molecular complexity index is 383. The number of rotatable bonds is 5. The molecule has 1 aromatic rings. The minimum absolute atomic E-state index is 0.179. The second-order valence-corrected chi connectivity index (χ2v) is 5.50. The number of aromatic nitrogens is 1. The first kappa shape index (κ1) is 12.8. The first-order chi connectivity index (χ1) is 7.50. The van der Waals surface area contributed by atoms with Gasteiger partial charge < -0.3 is 16.8 Å². The second kappa shape index (κ2) is 5.69. The van der Waals surface area contributed by atoms with Crippen molar-refractivity contribution < 1.29 is 4.21 Å². The number of pyridine rings is 1. The van der Waals surface area contributed by atoms with Crippen LogP contribution < -0.4 is 16.8 Å². The van der Waals surface area contributed by atoms with Crippen LogP contribution in [0.4, 0.5) is 17.3 Å². The fourth-order valence-electron chi connectivity index (χ4n) is 1.15. The fraction of sp³-hybridized carbons (Fsp3) is 0.500. The molecule has 16 heavy (non-hydrogen) atoms. The Kier molecular flexibility index (Phi) is 4.54. The van der Waals surface area contributed by atoms with Crippen LogP contribution in [-0.2, 0) is 10.8 Å². The number of hydrogen-bond acceptors (Lipinski definition) is 5. The molecule has 90 valence electrons. The van der Waals surface area contributed by atoms with E-state index in [9.17, 15) is 4.21 Å². The third-order valence-electron chi connectivity index (χ3n) is 2.38. The molecule has 0 aliphatic carbocycles. The maximum Gasteiger partial charge on any atom is 0.149 e. The van der Waals surface area contributed by atoms with E-state index < -0.39 is 10.8 Å². The molecule has 0 aliphatic rings. The van der Waals surface area contributed by atoms with Crippen molar-refractivity contribution in [2.45, 2.75) is 18.6 Å². The average molecular weight is 242 g/mol. The number of nitrogens with one attached hydrogen (secondary N) is 1. The lowest BCUT2D eigenvalue weighted by Crippen LogP contribution is -2.15. The zero-order chi connectivity index (χ0) is 12.1. The molecule has 0 radical (unpaired) electrons. The van der Waals surface area contributed by atoms with E-state index >= 15 is 0 Å². The molecule has 0 spiro atoms. The molecule has 0 fully saturated rings. The average Bonchev–Trinajstić information content (AvgIpc) is 2.23. The van der Waals surface area contributed by atoms with Crippen LogP contribution in [0.1, 0.15) is 13.3 Å². The van der Waals surface area contributed by atoms with Crippen LogP contribution in [0.3, 0.4) is 0 Å². The van der Waals surface area contributed by atoms with E-state index in [1.807, 2.05) is 6.92 Å². The molecule has 2 atom stereocenters. The van der Waals surface area contributed by atoms with Gasteiger partial charge in [-0.3, -0.25) is 4.21 Å². The van der Waals surface area contributed by atoms with Crippen LogP contribution in [0.5, 0.6) is 0 Å². The van der Waals surface area contributed by atoms with Gasteiger partial charge in [0.15, 0.2) is 0 Å². The van der Waals surface area contributed by atoms with Gasteiger partial charge in [-0.25, -0.2) is 4.98 Å². The summed E-state index contributed by atoms with van der Waals surface area (Å²) in [6, 6.07) is 3.49. The quantitative estimate of drug-likeness (QED) is 0.710. The van der Waals surface area contributed by atoms with Crippen molar-refractivity contribution in [3.05, 3.63) is 12.1 Å². The Morgan fingerprint density at radius 2 is 2.19 bits per heavy atom. The number of anilines is 3. The van der Waals surface area contributed by atoms with E-state index in [0.29, 0.717) is 17.3 Å². The van der Waals surface area contributed by atoms with Crippen molar-refractivity contribution in [2.24, 2.45) is 0 Å². The third-order valence-corrected chi connectivity index (χ3v) is 3.75. The second-order valence-electron chi connectivity index (χ2n) is 3.70. The van der Waals surface area contributed by atoms with Gasteiger partial charge in [-0.05, 0) is 18.6 Å². The summed E-state index contributed by atoms with van der Waals surface area (Å²) in [5, 5.41) is 3.30. The summed E-state index contributed by atoms with van der Waals surface area (Å²) in [6.07, 6.45) is 2.54. The van der Waals surface area contributed by atoms with Crippen LogP contribution in [0.15, 0.2) is 12.1 Å². The zero-order valence-electron chi connectivity index (χ0n) is 9.56. The van der Waals surface area contributed by atoms with E-state index in [4.69, 9.17) is 11.5 Å². The summed E-state index contributed by atoms with van der Waals surface area (Å²) < 4.78 is 11.1. The molecule has 1 rings (SSSR count). The highest BCUT2D eigenvalue weighted by Crippen LogP contribution is 2.14. The third kappa shape index (κ3) is 3.69. The van der Waals surface area contributed by atoms with Crippen LogP contribution in [-0.4, -0.2) is 27.2 Å². The topological polar surface area (TPSA) is 94.0 Å². The first-order valence-corrected chi connectivity index (χ1v) is 6.71. The predicted octanol–water partition coefficient (Wildman–Crippen LogP) is 0.815. The highest BCUT2D eigenvalue weighted by atomic mass is 32.2. The van der Waals surface area contributed by atoms with E-state index in [-0.39, 0.29) is 5.25 Å². The highest BCUT2D eigenvalue weighted by Gasteiger charge is 2.05. The van der Waals surface area contributed by atoms with Crippen molar-refractivity contribution in [1.82, 2.24) is 4.98 Å². The number of nitrogen functional groups attached to an aromatic ring is 2. The lowest BCUT2D eigenvalue weighted by Gasteiger charge is -2.10. The Labute approximate surface area is 98.1 Å². The molecular weight excluding hydrogens is 224 g/mol. The molecule has 1 heterocycles. The maximum atomic E-state index is 11.1. The van der Waals surface area contributed by atoms with Crippen molar-refractivity contribution in [3.8, 4) is 0 Å². The smallest absolute Gasteiger partial charge is 0.149 e. The number of nitrogens with zero attached hydrogens (tertiary/aromatic N) is 1. The van der Waals surface area contributed by atoms with Gasteiger partial charge in [0, 0.05) is 28.9 Å². The molecule has 0 aliphatic heterocycles. The molecule has 6 heteroatoms. The van der Waals surface area contributed by atoms with Gasteiger partial charge in [-0.1, -0.05) is 6.92 Å². The van der Waals surface area contributed by atoms with Crippen LogP contribution in [0.2, 0.25) is 0 Å². The zero-order valence-corrected chi connectivity index (χ0v) is 10.4. The van der Waals surface area contributed by atoms with E-state index in [1.165, 1.54) is 0 Å². The molecule has 0 saturated heterocycles. The Hall–Kier alpha value is -1.30.